The number of aryl methyl sites for hydroxylation is 1. The van der Waals surface area contributed by atoms with Gasteiger partial charge in [0.15, 0.2) is 12.4 Å². The smallest absolute Gasteiger partial charge is 0.311 e. The zero-order valence-corrected chi connectivity index (χ0v) is 13.9. The number of hydrogen-bond acceptors (Lipinski definition) is 6. The Balaban J connectivity index is 1.90. The first-order valence-electron chi connectivity index (χ1n) is 7.05. The average molecular weight is 364 g/mol. The van der Waals surface area contributed by atoms with Gasteiger partial charge in [-0.15, -0.1) is 0 Å². The Morgan fingerprint density at radius 2 is 2.16 bits per heavy atom. The normalized spacial score (nSPS) is 10.6. The van der Waals surface area contributed by atoms with E-state index in [-0.39, 0.29) is 6.61 Å². The standard InChI is InChI=1S/C16H14ClN3O5/c1-10-6-12(17)3-5-15(10)25-9-16(22)19-18-8-11-2-4-14(21)13(7-11)20(23)24/h2-8,21H,9H2,1H3,(H,19,22)/b18-8-. The number of phenols is 1. The molecule has 0 atom stereocenters. The van der Waals surface area contributed by atoms with Crippen LogP contribution in [0.1, 0.15) is 11.1 Å². The van der Waals surface area contributed by atoms with Crippen molar-refractivity contribution in [3.05, 3.63) is 62.7 Å². The lowest BCUT2D eigenvalue weighted by atomic mass is 10.2. The molecule has 2 rings (SSSR count). The van der Waals surface area contributed by atoms with Crippen molar-refractivity contribution in [2.24, 2.45) is 5.10 Å². The summed E-state index contributed by atoms with van der Waals surface area (Å²) in [6, 6.07) is 8.75. The zero-order valence-electron chi connectivity index (χ0n) is 13.1. The summed E-state index contributed by atoms with van der Waals surface area (Å²) >= 11 is 5.84. The Morgan fingerprint density at radius 3 is 2.84 bits per heavy atom. The minimum absolute atomic E-state index is 0.254. The van der Waals surface area contributed by atoms with Gasteiger partial charge in [0.1, 0.15) is 5.75 Å². The summed E-state index contributed by atoms with van der Waals surface area (Å²) in [5.74, 6) is -0.422. The number of phenolic OH excluding ortho intramolecular Hbond substituents is 1. The van der Waals surface area contributed by atoms with Crippen LogP contribution in [0.25, 0.3) is 0 Å². The molecule has 9 heteroatoms. The number of benzene rings is 2. The number of carbonyl (C=O) groups is 1. The Bertz CT molecular complexity index is 839. The highest BCUT2D eigenvalue weighted by Crippen LogP contribution is 2.25. The molecular formula is C16H14ClN3O5. The van der Waals surface area contributed by atoms with Gasteiger partial charge >= 0.3 is 5.69 Å². The third-order valence-electron chi connectivity index (χ3n) is 3.09. The number of hydrazone groups is 1. The number of nitrogens with zero attached hydrogens (tertiary/aromatic N) is 2. The fraction of sp³-hybridized carbons (Fsp3) is 0.125. The van der Waals surface area contributed by atoms with E-state index in [1.54, 1.807) is 25.1 Å². The molecule has 1 amide bonds. The Hall–Kier alpha value is -3.13. The molecule has 0 saturated heterocycles. The molecule has 0 aliphatic heterocycles. The second-order valence-electron chi connectivity index (χ2n) is 5.00. The van der Waals surface area contributed by atoms with E-state index in [0.29, 0.717) is 16.3 Å². The summed E-state index contributed by atoms with van der Waals surface area (Å²) in [7, 11) is 0. The molecule has 2 N–H and O–H groups in total. The number of halogens is 1. The van der Waals surface area contributed by atoms with Gasteiger partial charge in [0.25, 0.3) is 5.91 Å². The number of carbonyl (C=O) groups excluding carboxylic acids is 1. The van der Waals surface area contributed by atoms with Gasteiger partial charge < -0.3 is 9.84 Å². The van der Waals surface area contributed by atoms with Gasteiger partial charge in [-0.25, -0.2) is 5.43 Å². The number of hydrogen-bond donors (Lipinski definition) is 2. The SMILES string of the molecule is Cc1cc(Cl)ccc1OCC(=O)N/N=C\c1ccc(O)c([N+](=O)[O-])c1. The van der Waals surface area contributed by atoms with Crippen molar-refractivity contribution < 1.29 is 19.6 Å². The summed E-state index contributed by atoms with van der Waals surface area (Å²) in [6.07, 6.45) is 1.22. The first kappa shape index (κ1) is 18.2. The maximum Gasteiger partial charge on any atom is 0.311 e. The number of aromatic hydroxyl groups is 1. The lowest BCUT2D eigenvalue weighted by Crippen LogP contribution is -2.24. The van der Waals surface area contributed by atoms with Crippen LogP contribution in [0.3, 0.4) is 0 Å². The van der Waals surface area contributed by atoms with Gasteiger partial charge in [-0.1, -0.05) is 11.6 Å². The molecule has 0 saturated carbocycles. The highest BCUT2D eigenvalue weighted by atomic mass is 35.5. The molecule has 0 aliphatic rings. The van der Waals surface area contributed by atoms with Crippen LogP contribution in [0.2, 0.25) is 5.02 Å². The third-order valence-corrected chi connectivity index (χ3v) is 3.33. The maximum absolute atomic E-state index is 11.7. The van der Waals surface area contributed by atoms with Crippen LogP contribution in [-0.2, 0) is 4.79 Å². The molecule has 0 fully saturated rings. The van der Waals surface area contributed by atoms with E-state index in [0.717, 1.165) is 11.6 Å². The van der Waals surface area contributed by atoms with Gasteiger partial charge in [0.2, 0.25) is 0 Å². The third kappa shape index (κ3) is 5.18. The van der Waals surface area contributed by atoms with Crippen molar-refractivity contribution in [2.75, 3.05) is 6.61 Å². The number of nitro groups is 1. The molecule has 2 aromatic rings. The van der Waals surface area contributed by atoms with Crippen LogP contribution in [0.4, 0.5) is 5.69 Å². The Kier molecular flexibility index (Phi) is 5.91. The summed E-state index contributed by atoms with van der Waals surface area (Å²) < 4.78 is 5.36. The number of nitrogens with one attached hydrogen (secondary N) is 1. The number of ether oxygens (including phenoxy) is 1. The molecule has 8 nitrogen and oxygen atoms in total. The minimum Gasteiger partial charge on any atom is -0.502 e. The van der Waals surface area contributed by atoms with E-state index in [4.69, 9.17) is 16.3 Å². The largest absolute Gasteiger partial charge is 0.502 e. The van der Waals surface area contributed by atoms with Gasteiger partial charge in [-0.2, -0.15) is 5.10 Å². The van der Waals surface area contributed by atoms with Crippen LogP contribution < -0.4 is 10.2 Å². The summed E-state index contributed by atoms with van der Waals surface area (Å²) in [4.78, 5) is 21.7. The predicted octanol–water partition coefficient (Wildman–Crippen LogP) is 2.79. The molecule has 2 aromatic carbocycles. The van der Waals surface area contributed by atoms with Gasteiger partial charge in [0.05, 0.1) is 11.1 Å². The van der Waals surface area contributed by atoms with Crippen LogP contribution in [0.15, 0.2) is 41.5 Å². The van der Waals surface area contributed by atoms with E-state index < -0.39 is 22.3 Å². The van der Waals surface area contributed by atoms with Gasteiger partial charge in [-0.3, -0.25) is 14.9 Å². The van der Waals surface area contributed by atoms with E-state index in [1.807, 2.05) is 0 Å². The molecule has 0 bridgehead atoms. The molecular weight excluding hydrogens is 350 g/mol. The second kappa shape index (κ2) is 8.11. The Labute approximate surface area is 147 Å². The predicted molar refractivity (Wildman–Crippen MR) is 92.2 cm³/mol. The van der Waals surface area contributed by atoms with Crippen molar-refractivity contribution in [2.45, 2.75) is 6.92 Å². The van der Waals surface area contributed by atoms with Crippen LogP contribution >= 0.6 is 11.6 Å². The molecule has 0 radical (unpaired) electrons. The quantitative estimate of drug-likeness (QED) is 0.465. The first-order valence-corrected chi connectivity index (χ1v) is 7.43. The van der Waals surface area contributed by atoms with Crippen molar-refractivity contribution >= 4 is 29.4 Å². The van der Waals surface area contributed by atoms with Crippen LogP contribution in [0.5, 0.6) is 11.5 Å². The van der Waals surface area contributed by atoms with E-state index >= 15 is 0 Å². The zero-order chi connectivity index (χ0) is 18.4. The van der Waals surface area contributed by atoms with Gasteiger partial charge in [-0.05, 0) is 42.8 Å². The van der Waals surface area contributed by atoms with Crippen molar-refractivity contribution in [3.8, 4) is 11.5 Å². The summed E-state index contributed by atoms with van der Waals surface area (Å²) in [5.41, 5.74) is 2.93. The molecule has 25 heavy (non-hydrogen) atoms. The molecule has 130 valence electrons. The van der Waals surface area contributed by atoms with E-state index in [1.165, 1.54) is 18.3 Å². The number of amides is 1. The molecule has 0 unspecified atom stereocenters. The number of rotatable bonds is 6. The average Bonchev–Trinajstić information content (AvgIpc) is 2.55. The molecule has 0 aromatic heterocycles. The Morgan fingerprint density at radius 1 is 1.40 bits per heavy atom. The fourth-order valence-corrected chi connectivity index (χ4v) is 2.12. The van der Waals surface area contributed by atoms with Crippen LogP contribution in [0, 0.1) is 17.0 Å². The first-order chi connectivity index (χ1) is 11.9. The summed E-state index contributed by atoms with van der Waals surface area (Å²) in [5, 5.41) is 24.3. The van der Waals surface area contributed by atoms with Crippen LogP contribution in [-0.4, -0.2) is 28.8 Å². The van der Waals surface area contributed by atoms with Crippen molar-refractivity contribution in [3.63, 3.8) is 0 Å². The maximum atomic E-state index is 11.7. The fourth-order valence-electron chi connectivity index (χ4n) is 1.90. The monoisotopic (exact) mass is 363 g/mol. The molecule has 0 spiro atoms. The minimum atomic E-state index is -0.715. The van der Waals surface area contributed by atoms with E-state index in [9.17, 15) is 20.0 Å². The molecule has 0 aliphatic carbocycles. The van der Waals surface area contributed by atoms with Crippen molar-refractivity contribution in [1.82, 2.24) is 5.43 Å². The lowest BCUT2D eigenvalue weighted by Gasteiger charge is -2.08. The lowest BCUT2D eigenvalue weighted by molar-refractivity contribution is -0.385. The topological polar surface area (TPSA) is 114 Å². The number of nitro benzene ring substituents is 1. The van der Waals surface area contributed by atoms with E-state index in [2.05, 4.69) is 10.5 Å². The summed E-state index contributed by atoms with van der Waals surface area (Å²) in [6.45, 7) is 1.55. The highest BCUT2D eigenvalue weighted by molar-refractivity contribution is 6.30. The van der Waals surface area contributed by atoms with Gasteiger partial charge in [0, 0.05) is 16.7 Å². The highest BCUT2D eigenvalue weighted by Gasteiger charge is 2.12. The van der Waals surface area contributed by atoms with Crippen molar-refractivity contribution in [1.29, 1.82) is 0 Å². The second-order valence-corrected chi connectivity index (χ2v) is 5.43. The molecule has 0 heterocycles.